The van der Waals surface area contributed by atoms with Crippen molar-refractivity contribution in [3.05, 3.63) is 216 Å². The Bertz CT molecular complexity index is 3630. The molecule has 0 bridgehead atoms. The molecule has 0 N–H and O–H groups in total. The summed E-state index contributed by atoms with van der Waals surface area (Å²) >= 11 is 0. The number of rotatable bonds is 4. The summed E-state index contributed by atoms with van der Waals surface area (Å²) in [6.45, 7) is 9.60. The third-order valence-corrected chi connectivity index (χ3v) is 14.5. The summed E-state index contributed by atoms with van der Waals surface area (Å²) in [6.07, 6.45) is 0. The zero-order chi connectivity index (χ0) is 41.5. The van der Waals surface area contributed by atoms with Gasteiger partial charge in [0.2, 0.25) is 0 Å². The van der Waals surface area contributed by atoms with Crippen LogP contribution >= 0.6 is 0 Å². The molecule has 0 saturated heterocycles. The van der Waals surface area contributed by atoms with Gasteiger partial charge in [-0.15, -0.1) is 0 Å². The Morgan fingerprint density at radius 1 is 0.339 bits per heavy atom. The van der Waals surface area contributed by atoms with E-state index in [4.69, 9.17) is 0 Å². The van der Waals surface area contributed by atoms with E-state index in [0.717, 1.165) is 11.4 Å². The molecule has 0 atom stereocenters. The lowest BCUT2D eigenvalue weighted by Crippen LogP contribution is -2.31. The van der Waals surface area contributed by atoms with Crippen molar-refractivity contribution in [3.63, 3.8) is 0 Å². The highest BCUT2D eigenvalue weighted by Gasteiger charge is 2.42. The van der Waals surface area contributed by atoms with E-state index in [-0.39, 0.29) is 10.8 Å². The van der Waals surface area contributed by atoms with Gasteiger partial charge in [-0.05, 0) is 131 Å². The third kappa shape index (κ3) is 4.70. The molecule has 0 saturated carbocycles. The van der Waals surface area contributed by atoms with E-state index in [1.807, 2.05) is 0 Å². The molecule has 0 amide bonds. The molecule has 294 valence electrons. The van der Waals surface area contributed by atoms with Crippen LogP contribution in [0.5, 0.6) is 0 Å². The Balaban J connectivity index is 1.06. The molecule has 62 heavy (non-hydrogen) atoms. The van der Waals surface area contributed by atoms with Crippen LogP contribution in [-0.4, -0.2) is 0 Å². The lowest BCUT2D eigenvalue weighted by Gasteiger charge is -2.43. The first-order valence-electron chi connectivity index (χ1n) is 21.9. The van der Waals surface area contributed by atoms with Crippen LogP contribution in [0.4, 0.5) is 34.1 Å². The highest BCUT2D eigenvalue weighted by molar-refractivity contribution is 6.35. The number of para-hydroxylation sites is 2. The van der Waals surface area contributed by atoms with Crippen LogP contribution < -0.4 is 9.80 Å². The van der Waals surface area contributed by atoms with Crippen molar-refractivity contribution in [3.8, 4) is 11.1 Å². The predicted octanol–water partition coefficient (Wildman–Crippen LogP) is 16.8. The van der Waals surface area contributed by atoms with Crippen molar-refractivity contribution in [2.24, 2.45) is 0 Å². The van der Waals surface area contributed by atoms with Gasteiger partial charge in [0.15, 0.2) is 0 Å². The summed E-state index contributed by atoms with van der Waals surface area (Å²) in [6, 6.07) is 72.8. The van der Waals surface area contributed by atoms with Crippen molar-refractivity contribution in [1.82, 2.24) is 0 Å². The molecule has 11 aromatic rings. The molecule has 2 nitrogen and oxygen atoms in total. The van der Waals surface area contributed by atoms with Crippen LogP contribution in [0.1, 0.15) is 49.9 Å². The standard InChI is InChI=1S/C60H44N2/c1-59(2)49-25-11-10-20-41(49)48-35-52-56(36-51(48)59)62(55-27-13-12-26-50(55)60(52,3)4)54-33-31-45-44-30-32-53(46-23-14-21-42(57(44)46)43-22-15-24-47(54)58(43)45)61(39-18-6-5-7-19-39)40-29-28-37-16-8-9-17-38(37)34-40/h5-36H,1-4H3. The number of benzene rings is 11. The zero-order valence-corrected chi connectivity index (χ0v) is 35.4. The first-order chi connectivity index (χ1) is 30.3. The number of hydrogen-bond donors (Lipinski definition) is 0. The molecule has 11 aromatic carbocycles. The quantitative estimate of drug-likeness (QED) is 0.129. The van der Waals surface area contributed by atoms with Crippen LogP contribution in [0.15, 0.2) is 194 Å². The van der Waals surface area contributed by atoms with Gasteiger partial charge >= 0.3 is 0 Å². The van der Waals surface area contributed by atoms with Gasteiger partial charge in [0.1, 0.15) is 0 Å². The molecule has 0 unspecified atom stereocenters. The summed E-state index contributed by atoms with van der Waals surface area (Å²) in [4.78, 5) is 5.01. The monoisotopic (exact) mass is 792 g/mol. The van der Waals surface area contributed by atoms with E-state index < -0.39 is 0 Å². The molecule has 1 aliphatic heterocycles. The van der Waals surface area contributed by atoms with Gasteiger partial charge in [0, 0.05) is 33.0 Å². The van der Waals surface area contributed by atoms with Crippen LogP contribution in [0.25, 0.3) is 65.0 Å². The maximum atomic E-state index is 2.58. The van der Waals surface area contributed by atoms with Gasteiger partial charge < -0.3 is 9.80 Å². The van der Waals surface area contributed by atoms with Gasteiger partial charge in [0.25, 0.3) is 0 Å². The Labute approximate surface area is 362 Å². The molecule has 2 heteroatoms. The van der Waals surface area contributed by atoms with Crippen molar-refractivity contribution in [1.29, 1.82) is 0 Å². The Kier molecular flexibility index (Phi) is 7.16. The smallest absolute Gasteiger partial charge is 0.0540 e. The van der Waals surface area contributed by atoms with Gasteiger partial charge in [-0.25, -0.2) is 0 Å². The van der Waals surface area contributed by atoms with Crippen molar-refractivity contribution in [2.45, 2.75) is 38.5 Å². The fraction of sp³-hybridized carbons (Fsp3) is 0.100. The Morgan fingerprint density at radius 2 is 0.952 bits per heavy atom. The normalized spacial score (nSPS) is 14.7. The molecular weight excluding hydrogens is 749 g/mol. The number of fused-ring (bicyclic) bond motifs is 8. The van der Waals surface area contributed by atoms with Crippen LogP contribution in [0, 0.1) is 0 Å². The highest BCUT2D eigenvalue weighted by atomic mass is 15.2. The van der Waals surface area contributed by atoms with E-state index in [9.17, 15) is 0 Å². The molecule has 0 aromatic heterocycles. The molecular formula is C60H44N2. The molecule has 0 radical (unpaired) electrons. The van der Waals surface area contributed by atoms with E-state index in [1.54, 1.807) is 0 Å². The van der Waals surface area contributed by atoms with E-state index in [0.29, 0.717) is 0 Å². The largest absolute Gasteiger partial charge is 0.310 e. The minimum absolute atomic E-state index is 0.112. The lowest BCUT2D eigenvalue weighted by atomic mass is 9.71. The topological polar surface area (TPSA) is 6.48 Å². The highest BCUT2D eigenvalue weighted by Crippen LogP contribution is 2.59. The Hall–Kier alpha value is -7.42. The predicted molar refractivity (Wildman–Crippen MR) is 264 cm³/mol. The van der Waals surface area contributed by atoms with Crippen molar-refractivity contribution >= 4 is 88.0 Å². The van der Waals surface area contributed by atoms with Gasteiger partial charge in [-0.2, -0.15) is 0 Å². The molecule has 2 aliphatic rings. The fourth-order valence-corrected chi connectivity index (χ4v) is 11.5. The fourth-order valence-electron chi connectivity index (χ4n) is 11.5. The summed E-state index contributed by atoms with van der Waals surface area (Å²) in [7, 11) is 0. The third-order valence-electron chi connectivity index (χ3n) is 14.5. The maximum absolute atomic E-state index is 2.58. The molecule has 0 spiro atoms. The molecule has 13 rings (SSSR count). The van der Waals surface area contributed by atoms with Crippen LogP contribution in [0.2, 0.25) is 0 Å². The van der Waals surface area contributed by atoms with E-state index >= 15 is 0 Å². The van der Waals surface area contributed by atoms with E-state index in [2.05, 4.69) is 232 Å². The second kappa shape index (κ2) is 12.6. The van der Waals surface area contributed by atoms with Crippen LogP contribution in [0.3, 0.4) is 0 Å². The molecule has 1 heterocycles. The van der Waals surface area contributed by atoms with Gasteiger partial charge in [0.05, 0.1) is 22.7 Å². The van der Waals surface area contributed by atoms with Crippen molar-refractivity contribution < 1.29 is 0 Å². The second-order valence-corrected chi connectivity index (χ2v) is 18.5. The summed E-state index contributed by atoms with van der Waals surface area (Å²) < 4.78 is 0. The van der Waals surface area contributed by atoms with Gasteiger partial charge in [-0.1, -0.05) is 167 Å². The molecule has 1 aliphatic carbocycles. The SMILES string of the molecule is CC1(C)c2ccccc2-c2cc3c(cc21)N(c1ccc2c4ccc(N(c5ccccc5)c5ccc6ccccc6c5)c5cccc(c6cccc1c62)c54)c1ccccc1C3(C)C. The first-order valence-corrected chi connectivity index (χ1v) is 21.9. The maximum Gasteiger partial charge on any atom is 0.0540 e. The number of hydrogen-bond acceptors (Lipinski definition) is 2. The first kappa shape index (κ1) is 35.3. The average Bonchev–Trinajstić information content (AvgIpc) is 3.53. The molecule has 0 fully saturated rings. The zero-order valence-electron chi connectivity index (χ0n) is 35.4. The summed E-state index contributed by atoms with van der Waals surface area (Å²) in [5.41, 5.74) is 15.1. The lowest BCUT2D eigenvalue weighted by molar-refractivity contribution is 0.627. The Morgan fingerprint density at radius 3 is 1.76 bits per heavy atom. The second-order valence-electron chi connectivity index (χ2n) is 18.5. The average molecular weight is 793 g/mol. The van der Waals surface area contributed by atoms with Crippen LogP contribution in [-0.2, 0) is 10.8 Å². The summed E-state index contributed by atoms with van der Waals surface area (Å²) in [5, 5.41) is 12.7. The van der Waals surface area contributed by atoms with Crippen molar-refractivity contribution in [2.75, 3.05) is 9.80 Å². The van der Waals surface area contributed by atoms with E-state index in [1.165, 1.54) is 110 Å². The number of anilines is 6. The summed E-state index contributed by atoms with van der Waals surface area (Å²) in [5.74, 6) is 0. The minimum Gasteiger partial charge on any atom is -0.310 e. The number of nitrogens with zero attached hydrogens (tertiary/aromatic N) is 2. The minimum atomic E-state index is -0.196. The van der Waals surface area contributed by atoms with Gasteiger partial charge in [-0.3, -0.25) is 0 Å².